The van der Waals surface area contributed by atoms with Crippen molar-refractivity contribution in [3.8, 4) is 0 Å². The highest BCUT2D eigenvalue weighted by atomic mass is 35.5. The maximum Gasteiger partial charge on any atom is 0.264 e. The summed E-state index contributed by atoms with van der Waals surface area (Å²) in [4.78, 5) is 28.8. The second-order valence-electron chi connectivity index (χ2n) is 9.81. The summed E-state index contributed by atoms with van der Waals surface area (Å²) in [6.45, 7) is 5.88. The Morgan fingerprint density at radius 2 is 1.63 bits per heavy atom. The van der Waals surface area contributed by atoms with E-state index in [-0.39, 0.29) is 33.1 Å². The van der Waals surface area contributed by atoms with Crippen LogP contribution in [0.1, 0.15) is 44.2 Å². The molecule has 7 nitrogen and oxygen atoms in total. The van der Waals surface area contributed by atoms with E-state index in [0.717, 1.165) is 28.3 Å². The molecule has 0 aliphatic carbocycles. The summed E-state index contributed by atoms with van der Waals surface area (Å²) in [6, 6.07) is 19.7. The van der Waals surface area contributed by atoms with Gasteiger partial charge in [-0.15, -0.1) is 0 Å². The van der Waals surface area contributed by atoms with Crippen molar-refractivity contribution in [1.29, 1.82) is 0 Å². The second kappa shape index (κ2) is 15.2. The van der Waals surface area contributed by atoms with Gasteiger partial charge in [0.05, 0.1) is 15.6 Å². The maximum atomic E-state index is 14.1. The fourth-order valence-corrected chi connectivity index (χ4v) is 6.29. The van der Waals surface area contributed by atoms with Gasteiger partial charge in [-0.2, -0.15) is 0 Å². The average molecular weight is 619 g/mol. The van der Waals surface area contributed by atoms with Crippen molar-refractivity contribution in [3.63, 3.8) is 0 Å². The number of nitrogens with zero attached hydrogens (tertiary/aromatic N) is 2. The van der Waals surface area contributed by atoms with Crippen molar-refractivity contribution in [1.82, 2.24) is 10.2 Å². The fraction of sp³-hybridized carbons (Fsp3) is 0.355. The Morgan fingerprint density at radius 1 is 0.951 bits per heavy atom. The van der Waals surface area contributed by atoms with Gasteiger partial charge in [0.15, 0.2) is 0 Å². The Morgan fingerprint density at radius 3 is 2.27 bits per heavy atom. The molecule has 0 aromatic heterocycles. The Labute approximate surface area is 253 Å². The predicted molar refractivity (Wildman–Crippen MR) is 166 cm³/mol. The van der Waals surface area contributed by atoms with E-state index in [4.69, 9.17) is 23.2 Å². The zero-order chi connectivity index (χ0) is 30.0. The summed E-state index contributed by atoms with van der Waals surface area (Å²) in [5.41, 5.74) is 1.96. The van der Waals surface area contributed by atoms with Gasteiger partial charge in [-0.25, -0.2) is 8.42 Å². The first-order chi connectivity index (χ1) is 19.6. The van der Waals surface area contributed by atoms with Crippen molar-refractivity contribution in [2.45, 2.75) is 57.4 Å². The van der Waals surface area contributed by atoms with Crippen LogP contribution in [0.4, 0.5) is 5.69 Å². The number of unbranched alkanes of at least 4 members (excludes halogenated alkanes) is 1. The molecule has 1 atom stereocenters. The minimum Gasteiger partial charge on any atom is -0.354 e. The SMILES string of the molecule is CCCCNC(=O)C(CC)N(CCc1ccccc1)C(=O)CN(c1cc(Cl)ccc1Cl)S(=O)(=O)c1ccc(C)cc1. The third-order valence-electron chi connectivity index (χ3n) is 6.76. The average Bonchev–Trinajstić information content (AvgIpc) is 2.96. The number of halogens is 2. The highest BCUT2D eigenvalue weighted by Crippen LogP contribution is 2.33. The summed E-state index contributed by atoms with van der Waals surface area (Å²) in [5, 5.41) is 3.32. The number of amides is 2. The molecular formula is C31H37Cl2N3O4S. The van der Waals surface area contributed by atoms with Gasteiger partial charge in [-0.05, 0) is 62.1 Å². The number of rotatable bonds is 14. The number of sulfonamides is 1. The molecular weight excluding hydrogens is 581 g/mol. The van der Waals surface area contributed by atoms with E-state index in [1.807, 2.05) is 51.1 Å². The normalized spacial score (nSPS) is 12.0. The summed E-state index contributed by atoms with van der Waals surface area (Å²) in [6.07, 6.45) is 2.59. The van der Waals surface area contributed by atoms with Crippen LogP contribution in [0.3, 0.4) is 0 Å². The van der Waals surface area contributed by atoms with E-state index in [2.05, 4.69) is 5.32 Å². The highest BCUT2D eigenvalue weighted by molar-refractivity contribution is 7.92. The van der Waals surface area contributed by atoms with E-state index >= 15 is 0 Å². The lowest BCUT2D eigenvalue weighted by Crippen LogP contribution is -2.53. The van der Waals surface area contributed by atoms with E-state index in [1.54, 1.807) is 18.2 Å². The third kappa shape index (κ3) is 8.71. The molecule has 0 fully saturated rings. The van der Waals surface area contributed by atoms with Crippen LogP contribution in [0.15, 0.2) is 77.7 Å². The van der Waals surface area contributed by atoms with Crippen LogP contribution >= 0.6 is 23.2 Å². The van der Waals surface area contributed by atoms with Crippen molar-refractivity contribution in [2.24, 2.45) is 0 Å². The Kier molecular flexibility index (Phi) is 12.1. The Balaban J connectivity index is 2.02. The first-order valence-corrected chi connectivity index (χ1v) is 15.9. The molecule has 2 amide bonds. The smallest absolute Gasteiger partial charge is 0.264 e. The van der Waals surface area contributed by atoms with Gasteiger partial charge in [0.2, 0.25) is 11.8 Å². The number of hydrogen-bond donors (Lipinski definition) is 1. The molecule has 1 N–H and O–H groups in total. The lowest BCUT2D eigenvalue weighted by molar-refractivity contribution is -0.139. The molecule has 0 radical (unpaired) electrons. The molecule has 1 unspecified atom stereocenters. The summed E-state index contributed by atoms with van der Waals surface area (Å²) < 4.78 is 28.9. The van der Waals surface area contributed by atoms with Crippen molar-refractivity contribution in [2.75, 3.05) is 23.9 Å². The number of hydrogen-bond acceptors (Lipinski definition) is 4. The summed E-state index contributed by atoms with van der Waals surface area (Å²) >= 11 is 12.7. The number of anilines is 1. The van der Waals surface area contributed by atoms with E-state index in [0.29, 0.717) is 19.4 Å². The number of benzene rings is 3. The molecule has 0 aliphatic heterocycles. The molecule has 41 heavy (non-hydrogen) atoms. The van der Waals surface area contributed by atoms with Gasteiger partial charge in [0.25, 0.3) is 10.0 Å². The monoisotopic (exact) mass is 617 g/mol. The van der Waals surface area contributed by atoms with Gasteiger partial charge >= 0.3 is 0 Å². The van der Waals surface area contributed by atoms with Gasteiger partial charge in [0.1, 0.15) is 12.6 Å². The summed E-state index contributed by atoms with van der Waals surface area (Å²) in [7, 11) is -4.23. The maximum absolute atomic E-state index is 14.1. The lowest BCUT2D eigenvalue weighted by Gasteiger charge is -2.33. The van der Waals surface area contributed by atoms with Gasteiger partial charge in [-0.1, -0.05) is 91.5 Å². The van der Waals surface area contributed by atoms with Crippen LogP contribution in [0.5, 0.6) is 0 Å². The molecule has 3 aromatic carbocycles. The van der Waals surface area contributed by atoms with E-state index in [9.17, 15) is 18.0 Å². The molecule has 10 heteroatoms. The van der Waals surface area contributed by atoms with Crippen LogP contribution in [0.25, 0.3) is 0 Å². The summed E-state index contributed by atoms with van der Waals surface area (Å²) in [5.74, 6) is -0.791. The predicted octanol–water partition coefficient (Wildman–Crippen LogP) is 6.26. The van der Waals surface area contributed by atoms with Crippen LogP contribution in [0.2, 0.25) is 10.0 Å². The van der Waals surface area contributed by atoms with Crippen LogP contribution in [0, 0.1) is 6.92 Å². The molecule has 0 spiro atoms. The molecule has 0 bridgehead atoms. The minimum atomic E-state index is -4.23. The topological polar surface area (TPSA) is 86.8 Å². The second-order valence-corrected chi connectivity index (χ2v) is 12.5. The standard InChI is InChI=1S/C31H37Cl2N3O4S/c1-4-6-19-34-31(38)28(5-2)35(20-18-24-10-8-7-9-11-24)30(37)22-36(29-21-25(32)14-17-27(29)33)41(39,40)26-15-12-23(3)13-16-26/h7-17,21,28H,4-6,18-20,22H2,1-3H3,(H,34,38). The molecule has 3 rings (SSSR count). The molecule has 0 saturated carbocycles. The van der Waals surface area contributed by atoms with Gasteiger partial charge in [0, 0.05) is 18.1 Å². The number of nitrogens with one attached hydrogen (secondary N) is 1. The number of aryl methyl sites for hydroxylation is 1. The Hall–Kier alpha value is -3.07. The van der Waals surface area contributed by atoms with Crippen molar-refractivity contribution >= 4 is 50.7 Å². The van der Waals surface area contributed by atoms with Gasteiger partial charge < -0.3 is 10.2 Å². The quantitative estimate of drug-likeness (QED) is 0.216. The fourth-order valence-electron chi connectivity index (χ4n) is 4.43. The molecule has 0 aliphatic rings. The molecule has 220 valence electrons. The minimum absolute atomic E-state index is 0.00660. The van der Waals surface area contributed by atoms with Gasteiger partial charge in [-0.3, -0.25) is 13.9 Å². The van der Waals surface area contributed by atoms with Crippen molar-refractivity contribution in [3.05, 3.63) is 94.0 Å². The largest absolute Gasteiger partial charge is 0.354 e. The first kappa shape index (κ1) is 32.4. The Bertz CT molecular complexity index is 1420. The zero-order valence-corrected chi connectivity index (χ0v) is 26.0. The lowest BCUT2D eigenvalue weighted by atomic mass is 10.1. The highest BCUT2D eigenvalue weighted by Gasteiger charge is 2.34. The number of carbonyl (C=O) groups excluding carboxylic acids is 2. The van der Waals surface area contributed by atoms with E-state index < -0.39 is 28.5 Å². The van der Waals surface area contributed by atoms with Crippen LogP contribution in [-0.4, -0.2) is 50.8 Å². The third-order valence-corrected chi connectivity index (χ3v) is 9.09. The molecule has 0 heterocycles. The van der Waals surface area contributed by atoms with Crippen LogP contribution < -0.4 is 9.62 Å². The van der Waals surface area contributed by atoms with Crippen LogP contribution in [-0.2, 0) is 26.0 Å². The number of carbonyl (C=O) groups is 2. The molecule has 0 saturated heterocycles. The van der Waals surface area contributed by atoms with Crippen molar-refractivity contribution < 1.29 is 18.0 Å². The first-order valence-electron chi connectivity index (χ1n) is 13.7. The molecule has 3 aromatic rings. The zero-order valence-electron chi connectivity index (χ0n) is 23.6. The van der Waals surface area contributed by atoms with E-state index in [1.165, 1.54) is 29.2 Å².